The van der Waals surface area contributed by atoms with E-state index in [-0.39, 0.29) is 41.9 Å². The molecule has 2 fully saturated rings. The van der Waals surface area contributed by atoms with E-state index in [4.69, 9.17) is 9.47 Å². The second kappa shape index (κ2) is 15.4. The van der Waals surface area contributed by atoms with Gasteiger partial charge in [-0.25, -0.2) is 4.99 Å². The number of guanidine groups is 1. The van der Waals surface area contributed by atoms with Crippen molar-refractivity contribution in [3.05, 3.63) is 29.8 Å². The molecule has 1 unspecified atom stereocenters. The zero-order valence-electron chi connectivity index (χ0n) is 19.2. The average Bonchev–Trinajstić information content (AvgIpc) is 3.31. The Labute approximate surface area is 209 Å². The Morgan fingerprint density at radius 3 is 2.78 bits per heavy atom. The van der Waals surface area contributed by atoms with Crippen LogP contribution >= 0.6 is 24.0 Å². The van der Waals surface area contributed by atoms with Crippen molar-refractivity contribution in [3.63, 3.8) is 0 Å². The van der Waals surface area contributed by atoms with Crippen molar-refractivity contribution in [1.82, 2.24) is 10.6 Å². The van der Waals surface area contributed by atoms with Crippen LogP contribution in [0.15, 0.2) is 29.3 Å². The largest absolute Gasteiger partial charge is 0.379 e. The SMILES string of the molecule is CCNC(=NCc1cccc(NC(=O)C2CCCCC2)c1)NCCCOC1CCOC1.I. The summed E-state index contributed by atoms with van der Waals surface area (Å²) >= 11 is 0. The van der Waals surface area contributed by atoms with E-state index in [0.717, 1.165) is 88.6 Å². The van der Waals surface area contributed by atoms with Gasteiger partial charge in [-0.3, -0.25) is 4.79 Å². The van der Waals surface area contributed by atoms with Crippen molar-refractivity contribution >= 4 is 41.5 Å². The highest BCUT2D eigenvalue weighted by Gasteiger charge is 2.21. The monoisotopic (exact) mass is 558 g/mol. The van der Waals surface area contributed by atoms with Crippen LogP contribution in [0, 0.1) is 5.92 Å². The second-order valence-corrected chi connectivity index (χ2v) is 8.36. The topological polar surface area (TPSA) is 84.0 Å². The molecule has 1 aliphatic heterocycles. The predicted molar refractivity (Wildman–Crippen MR) is 140 cm³/mol. The quantitative estimate of drug-likeness (QED) is 0.175. The van der Waals surface area contributed by atoms with Crippen molar-refractivity contribution in [1.29, 1.82) is 0 Å². The maximum Gasteiger partial charge on any atom is 0.227 e. The summed E-state index contributed by atoms with van der Waals surface area (Å²) in [6.45, 7) is 6.48. The molecule has 0 bridgehead atoms. The summed E-state index contributed by atoms with van der Waals surface area (Å²) in [5.41, 5.74) is 1.93. The molecule has 1 aromatic rings. The van der Waals surface area contributed by atoms with Crippen LogP contribution in [0.3, 0.4) is 0 Å². The lowest BCUT2D eigenvalue weighted by Gasteiger charge is -2.20. The Morgan fingerprint density at radius 2 is 2.03 bits per heavy atom. The lowest BCUT2D eigenvalue weighted by Crippen LogP contribution is -2.38. The van der Waals surface area contributed by atoms with Gasteiger partial charge in [-0.15, -0.1) is 24.0 Å². The van der Waals surface area contributed by atoms with E-state index < -0.39 is 0 Å². The molecule has 1 atom stereocenters. The molecular weight excluding hydrogens is 519 g/mol. The molecule has 1 amide bonds. The lowest BCUT2D eigenvalue weighted by molar-refractivity contribution is -0.120. The molecule has 1 saturated heterocycles. The van der Waals surface area contributed by atoms with Crippen LogP contribution in [0.25, 0.3) is 0 Å². The van der Waals surface area contributed by atoms with Gasteiger partial charge in [0.1, 0.15) is 0 Å². The molecule has 3 rings (SSSR count). The molecule has 1 aromatic carbocycles. The molecule has 0 spiro atoms. The average molecular weight is 559 g/mol. The Balaban J connectivity index is 0.00000363. The van der Waals surface area contributed by atoms with E-state index in [2.05, 4.69) is 27.9 Å². The van der Waals surface area contributed by atoms with Crippen molar-refractivity contribution in [2.75, 3.05) is 38.2 Å². The molecule has 32 heavy (non-hydrogen) atoms. The Bertz CT molecular complexity index is 704. The van der Waals surface area contributed by atoms with E-state index >= 15 is 0 Å². The van der Waals surface area contributed by atoms with Gasteiger partial charge >= 0.3 is 0 Å². The molecule has 8 heteroatoms. The highest BCUT2D eigenvalue weighted by Crippen LogP contribution is 2.25. The zero-order chi connectivity index (χ0) is 21.7. The lowest BCUT2D eigenvalue weighted by atomic mass is 9.88. The highest BCUT2D eigenvalue weighted by molar-refractivity contribution is 14.0. The molecule has 1 aliphatic carbocycles. The van der Waals surface area contributed by atoms with Gasteiger partial charge in [0.05, 0.1) is 19.3 Å². The predicted octanol–water partition coefficient (Wildman–Crippen LogP) is 4.07. The number of rotatable bonds is 10. The molecular formula is C24H39IN4O3. The molecule has 3 N–H and O–H groups in total. The molecule has 1 heterocycles. The van der Waals surface area contributed by atoms with Crippen molar-refractivity contribution in [3.8, 4) is 0 Å². The summed E-state index contributed by atoms with van der Waals surface area (Å²) in [6.07, 6.45) is 7.76. The van der Waals surface area contributed by atoms with Crippen molar-refractivity contribution < 1.29 is 14.3 Å². The number of anilines is 1. The first-order valence-electron chi connectivity index (χ1n) is 11.9. The van der Waals surface area contributed by atoms with E-state index in [1.807, 2.05) is 24.3 Å². The van der Waals surface area contributed by atoms with Gasteiger partial charge in [-0.1, -0.05) is 31.4 Å². The van der Waals surface area contributed by atoms with Gasteiger partial charge in [0.25, 0.3) is 0 Å². The fourth-order valence-corrected chi connectivity index (χ4v) is 4.04. The van der Waals surface area contributed by atoms with Gasteiger partial charge in [0.15, 0.2) is 5.96 Å². The molecule has 180 valence electrons. The van der Waals surface area contributed by atoms with Crippen LogP contribution in [0.2, 0.25) is 0 Å². The number of aliphatic imine (C=N–C) groups is 1. The molecule has 2 aliphatic rings. The minimum atomic E-state index is 0. The minimum absolute atomic E-state index is 0. The summed E-state index contributed by atoms with van der Waals surface area (Å²) in [7, 11) is 0. The van der Waals surface area contributed by atoms with Crippen molar-refractivity contribution in [2.45, 2.75) is 64.5 Å². The van der Waals surface area contributed by atoms with E-state index in [9.17, 15) is 4.79 Å². The number of carbonyl (C=O) groups excluding carboxylic acids is 1. The van der Waals surface area contributed by atoms with Gasteiger partial charge < -0.3 is 25.4 Å². The first-order valence-corrected chi connectivity index (χ1v) is 11.9. The van der Waals surface area contributed by atoms with Crippen LogP contribution in [-0.4, -0.2) is 50.9 Å². The number of amides is 1. The summed E-state index contributed by atoms with van der Waals surface area (Å²) in [5, 5.41) is 9.74. The molecule has 0 aromatic heterocycles. The Morgan fingerprint density at radius 1 is 1.19 bits per heavy atom. The van der Waals surface area contributed by atoms with Gasteiger partial charge in [-0.2, -0.15) is 0 Å². The third-order valence-electron chi connectivity index (χ3n) is 5.79. The van der Waals surface area contributed by atoms with E-state index in [1.165, 1.54) is 6.42 Å². The number of nitrogens with one attached hydrogen (secondary N) is 3. The molecule has 1 saturated carbocycles. The third kappa shape index (κ3) is 9.62. The number of halogens is 1. The van der Waals surface area contributed by atoms with Crippen LogP contribution in [-0.2, 0) is 20.8 Å². The summed E-state index contributed by atoms with van der Waals surface area (Å²) < 4.78 is 11.1. The van der Waals surface area contributed by atoms with Gasteiger partial charge in [-0.05, 0) is 50.3 Å². The standard InChI is InChI=1S/C24H38N4O3.HI/c1-2-25-24(26-13-7-14-31-22-12-15-30-18-22)27-17-19-8-6-11-21(16-19)28-23(29)20-9-4-3-5-10-20;/h6,8,11,16,20,22H,2-5,7,9-10,12-15,17-18H2,1H3,(H,28,29)(H2,25,26,27);1H. The Kier molecular flexibility index (Phi) is 13.0. The maximum atomic E-state index is 12.5. The number of ether oxygens (including phenoxy) is 2. The summed E-state index contributed by atoms with van der Waals surface area (Å²) in [4.78, 5) is 17.2. The van der Waals surface area contributed by atoms with E-state index in [1.54, 1.807) is 0 Å². The minimum Gasteiger partial charge on any atom is -0.379 e. The van der Waals surface area contributed by atoms with Gasteiger partial charge in [0, 0.05) is 37.9 Å². The maximum absolute atomic E-state index is 12.5. The molecule has 0 radical (unpaired) electrons. The van der Waals surface area contributed by atoms with Crippen LogP contribution < -0.4 is 16.0 Å². The smallest absolute Gasteiger partial charge is 0.227 e. The van der Waals surface area contributed by atoms with Crippen molar-refractivity contribution in [2.24, 2.45) is 10.9 Å². The fraction of sp³-hybridized carbons (Fsp3) is 0.667. The normalized spacial score (nSPS) is 19.3. The summed E-state index contributed by atoms with van der Waals surface area (Å²) in [6, 6.07) is 7.99. The first-order chi connectivity index (χ1) is 15.2. The number of benzene rings is 1. The number of hydrogen-bond acceptors (Lipinski definition) is 4. The molecule has 7 nitrogen and oxygen atoms in total. The summed E-state index contributed by atoms with van der Waals surface area (Å²) in [5.74, 6) is 1.11. The van der Waals surface area contributed by atoms with Crippen LogP contribution in [0.4, 0.5) is 5.69 Å². The Hall–Kier alpha value is -1.39. The van der Waals surface area contributed by atoms with E-state index in [0.29, 0.717) is 6.54 Å². The second-order valence-electron chi connectivity index (χ2n) is 8.36. The van der Waals surface area contributed by atoms with Crippen LogP contribution in [0.1, 0.15) is 57.4 Å². The third-order valence-corrected chi connectivity index (χ3v) is 5.79. The zero-order valence-corrected chi connectivity index (χ0v) is 21.6. The first kappa shape index (κ1) is 26.9. The fourth-order valence-electron chi connectivity index (χ4n) is 4.04. The number of hydrogen-bond donors (Lipinski definition) is 3. The number of carbonyl (C=O) groups is 1. The number of nitrogens with zero attached hydrogens (tertiary/aromatic N) is 1. The van der Waals surface area contributed by atoms with Gasteiger partial charge in [0.2, 0.25) is 5.91 Å². The highest BCUT2D eigenvalue weighted by atomic mass is 127. The van der Waals surface area contributed by atoms with Crippen LogP contribution in [0.5, 0.6) is 0 Å².